The molecule has 1 saturated heterocycles. The molecule has 0 aromatic rings. The number of terminal acetylenes is 1. The lowest BCUT2D eigenvalue weighted by Gasteiger charge is -2.19. The van der Waals surface area contributed by atoms with E-state index in [0.29, 0.717) is 6.10 Å². The molecule has 56 valence electrons. The summed E-state index contributed by atoms with van der Waals surface area (Å²) in [6, 6.07) is 0. The first-order valence-electron chi connectivity index (χ1n) is 3.69. The van der Waals surface area contributed by atoms with Crippen LogP contribution in [0.5, 0.6) is 0 Å². The Kier molecular flexibility index (Phi) is 2.01. The summed E-state index contributed by atoms with van der Waals surface area (Å²) >= 11 is 0. The standard InChI is InChI=1S/C9H14O/c1-4-5-9(2,3)6-8-7-10-8/h1,8H,5-7H2,2-3H3. The molecule has 1 nitrogen and oxygen atoms in total. The predicted octanol–water partition coefficient (Wildman–Crippen LogP) is 1.82. The van der Waals surface area contributed by atoms with Gasteiger partial charge in [-0.1, -0.05) is 13.8 Å². The molecule has 0 aromatic carbocycles. The van der Waals surface area contributed by atoms with Crippen molar-refractivity contribution < 1.29 is 4.74 Å². The Labute approximate surface area is 62.8 Å². The molecule has 10 heavy (non-hydrogen) atoms. The van der Waals surface area contributed by atoms with Crippen molar-refractivity contribution >= 4 is 0 Å². The molecule has 0 amide bonds. The highest BCUT2D eigenvalue weighted by Gasteiger charge is 2.30. The zero-order chi connectivity index (χ0) is 7.61. The highest BCUT2D eigenvalue weighted by Crippen LogP contribution is 2.31. The SMILES string of the molecule is C#CCC(C)(C)CC1CO1. The molecule has 1 aliphatic heterocycles. The fraction of sp³-hybridized carbons (Fsp3) is 0.778. The van der Waals surface area contributed by atoms with E-state index in [1.54, 1.807) is 0 Å². The normalized spacial score (nSPS) is 23.9. The molecule has 1 heteroatoms. The quantitative estimate of drug-likeness (QED) is 0.428. The van der Waals surface area contributed by atoms with Crippen molar-refractivity contribution in [2.45, 2.75) is 32.8 Å². The van der Waals surface area contributed by atoms with Crippen molar-refractivity contribution in [1.29, 1.82) is 0 Å². The van der Waals surface area contributed by atoms with Gasteiger partial charge in [0, 0.05) is 6.42 Å². The summed E-state index contributed by atoms with van der Waals surface area (Å²) in [5.74, 6) is 2.69. The zero-order valence-electron chi connectivity index (χ0n) is 6.68. The van der Waals surface area contributed by atoms with Crippen LogP contribution in [0.2, 0.25) is 0 Å². The lowest BCUT2D eigenvalue weighted by Crippen LogP contribution is -2.13. The van der Waals surface area contributed by atoms with Crippen molar-refractivity contribution in [2.24, 2.45) is 5.41 Å². The molecule has 0 spiro atoms. The van der Waals surface area contributed by atoms with Crippen LogP contribution in [0, 0.1) is 17.8 Å². The van der Waals surface area contributed by atoms with Gasteiger partial charge in [0.25, 0.3) is 0 Å². The average Bonchev–Trinajstić information content (AvgIpc) is 2.48. The van der Waals surface area contributed by atoms with Gasteiger partial charge in [0.1, 0.15) is 0 Å². The highest BCUT2D eigenvalue weighted by molar-refractivity contribution is 4.93. The van der Waals surface area contributed by atoms with E-state index in [0.717, 1.165) is 19.4 Å². The van der Waals surface area contributed by atoms with Gasteiger partial charge in [-0.05, 0) is 11.8 Å². The second-order valence-corrected chi connectivity index (χ2v) is 3.70. The van der Waals surface area contributed by atoms with Gasteiger partial charge in [-0.3, -0.25) is 0 Å². The van der Waals surface area contributed by atoms with Crippen LogP contribution in [-0.4, -0.2) is 12.7 Å². The van der Waals surface area contributed by atoms with Crippen LogP contribution in [0.3, 0.4) is 0 Å². The largest absolute Gasteiger partial charge is 0.373 e. The third kappa shape index (κ3) is 2.41. The molecule has 1 unspecified atom stereocenters. The van der Waals surface area contributed by atoms with Crippen molar-refractivity contribution in [3.05, 3.63) is 0 Å². The van der Waals surface area contributed by atoms with Gasteiger partial charge in [-0.15, -0.1) is 12.3 Å². The minimum Gasteiger partial charge on any atom is -0.373 e. The Morgan fingerprint density at radius 3 is 2.70 bits per heavy atom. The van der Waals surface area contributed by atoms with Gasteiger partial charge in [-0.25, -0.2) is 0 Å². The average molecular weight is 138 g/mol. The van der Waals surface area contributed by atoms with Crippen molar-refractivity contribution in [3.8, 4) is 12.3 Å². The molecule has 0 bridgehead atoms. The van der Waals surface area contributed by atoms with Gasteiger partial charge < -0.3 is 4.74 Å². The summed E-state index contributed by atoms with van der Waals surface area (Å²) < 4.78 is 5.12. The molecule has 0 saturated carbocycles. The Bertz CT molecular complexity index is 149. The lowest BCUT2D eigenvalue weighted by atomic mass is 9.85. The second kappa shape index (κ2) is 2.64. The Morgan fingerprint density at radius 2 is 2.30 bits per heavy atom. The van der Waals surface area contributed by atoms with Crippen LogP contribution in [0.1, 0.15) is 26.7 Å². The number of epoxide rings is 1. The van der Waals surface area contributed by atoms with Crippen LogP contribution < -0.4 is 0 Å². The summed E-state index contributed by atoms with van der Waals surface area (Å²) in [5.41, 5.74) is 0.274. The van der Waals surface area contributed by atoms with Crippen molar-refractivity contribution in [3.63, 3.8) is 0 Å². The fourth-order valence-electron chi connectivity index (χ4n) is 1.15. The maximum absolute atomic E-state index is 5.22. The Balaban J connectivity index is 2.27. The minimum absolute atomic E-state index is 0.274. The summed E-state index contributed by atoms with van der Waals surface area (Å²) in [5, 5.41) is 0. The molecule has 0 aliphatic carbocycles. The van der Waals surface area contributed by atoms with E-state index in [1.807, 2.05) is 0 Å². The van der Waals surface area contributed by atoms with E-state index in [-0.39, 0.29) is 5.41 Å². The molecule has 1 atom stereocenters. The molecule has 0 aromatic heterocycles. The van der Waals surface area contributed by atoms with Gasteiger partial charge in [0.05, 0.1) is 12.7 Å². The van der Waals surface area contributed by atoms with Crippen LogP contribution in [0.15, 0.2) is 0 Å². The van der Waals surface area contributed by atoms with Crippen LogP contribution >= 0.6 is 0 Å². The number of rotatable bonds is 3. The van der Waals surface area contributed by atoms with Gasteiger partial charge in [-0.2, -0.15) is 0 Å². The Morgan fingerprint density at radius 1 is 1.70 bits per heavy atom. The zero-order valence-corrected chi connectivity index (χ0v) is 6.68. The number of hydrogen-bond acceptors (Lipinski definition) is 1. The van der Waals surface area contributed by atoms with Crippen molar-refractivity contribution in [2.75, 3.05) is 6.61 Å². The monoisotopic (exact) mass is 138 g/mol. The first-order valence-corrected chi connectivity index (χ1v) is 3.69. The third-order valence-electron chi connectivity index (χ3n) is 1.76. The van der Waals surface area contributed by atoms with Crippen LogP contribution in [0.25, 0.3) is 0 Å². The lowest BCUT2D eigenvalue weighted by molar-refractivity contribution is 0.282. The van der Waals surface area contributed by atoms with E-state index in [9.17, 15) is 0 Å². The second-order valence-electron chi connectivity index (χ2n) is 3.70. The predicted molar refractivity (Wildman–Crippen MR) is 41.6 cm³/mol. The van der Waals surface area contributed by atoms with E-state index >= 15 is 0 Å². The van der Waals surface area contributed by atoms with E-state index in [2.05, 4.69) is 19.8 Å². The van der Waals surface area contributed by atoms with Gasteiger partial charge >= 0.3 is 0 Å². The van der Waals surface area contributed by atoms with Crippen LogP contribution in [-0.2, 0) is 4.74 Å². The van der Waals surface area contributed by atoms with Crippen molar-refractivity contribution in [1.82, 2.24) is 0 Å². The number of ether oxygens (including phenoxy) is 1. The minimum atomic E-state index is 0.274. The summed E-state index contributed by atoms with van der Waals surface area (Å²) in [4.78, 5) is 0. The molecule has 1 aliphatic rings. The van der Waals surface area contributed by atoms with Crippen LogP contribution in [0.4, 0.5) is 0 Å². The Hall–Kier alpha value is -0.480. The molecular formula is C9H14O. The fourth-order valence-corrected chi connectivity index (χ4v) is 1.15. The molecular weight excluding hydrogens is 124 g/mol. The molecule has 1 rings (SSSR count). The third-order valence-corrected chi connectivity index (χ3v) is 1.76. The number of hydrogen-bond donors (Lipinski definition) is 0. The maximum Gasteiger partial charge on any atom is 0.0815 e. The topological polar surface area (TPSA) is 12.5 Å². The highest BCUT2D eigenvalue weighted by atomic mass is 16.6. The first kappa shape index (κ1) is 7.63. The molecule has 0 N–H and O–H groups in total. The molecule has 0 radical (unpaired) electrons. The molecule has 1 heterocycles. The smallest absolute Gasteiger partial charge is 0.0815 e. The van der Waals surface area contributed by atoms with E-state index in [1.165, 1.54) is 0 Å². The summed E-state index contributed by atoms with van der Waals surface area (Å²) in [7, 11) is 0. The van der Waals surface area contributed by atoms with Gasteiger partial charge in [0.2, 0.25) is 0 Å². The molecule has 1 fully saturated rings. The summed E-state index contributed by atoms with van der Waals surface area (Å²) in [6.45, 7) is 5.32. The van der Waals surface area contributed by atoms with E-state index in [4.69, 9.17) is 11.2 Å². The maximum atomic E-state index is 5.22. The first-order chi connectivity index (χ1) is 4.64. The van der Waals surface area contributed by atoms with E-state index < -0.39 is 0 Å². The summed E-state index contributed by atoms with van der Waals surface area (Å²) in [6.07, 6.45) is 7.69. The van der Waals surface area contributed by atoms with Gasteiger partial charge in [0.15, 0.2) is 0 Å².